The maximum absolute atomic E-state index is 10.4. The van der Waals surface area contributed by atoms with Gasteiger partial charge in [-0.15, -0.1) is 0 Å². The van der Waals surface area contributed by atoms with Crippen molar-refractivity contribution in [1.29, 1.82) is 0 Å². The Labute approximate surface area is 110 Å². The predicted octanol–water partition coefficient (Wildman–Crippen LogP) is 2.26. The van der Waals surface area contributed by atoms with Gasteiger partial charge in [0.15, 0.2) is 0 Å². The number of carboxylic acid groups (broad SMARTS) is 1. The largest absolute Gasteiger partial charge is 0.478 e. The fraction of sp³-hybridized carbons (Fsp3) is 0.0667. The number of aliphatic carboxylic acids is 1. The number of rotatable bonds is 4. The Morgan fingerprint density at radius 1 is 1.16 bits per heavy atom. The van der Waals surface area contributed by atoms with Crippen LogP contribution in [-0.4, -0.2) is 21.2 Å². The second kappa shape index (κ2) is 5.93. The highest BCUT2D eigenvalue weighted by molar-refractivity contribution is 5.85. The minimum Gasteiger partial charge on any atom is -0.478 e. The summed E-state index contributed by atoms with van der Waals surface area (Å²) < 4.78 is 0. The zero-order valence-corrected chi connectivity index (χ0v) is 10.1. The molecule has 96 valence electrons. The molecule has 0 spiro atoms. The van der Waals surface area contributed by atoms with Crippen LogP contribution in [0.4, 0.5) is 0 Å². The van der Waals surface area contributed by atoms with Crippen LogP contribution >= 0.6 is 0 Å². The summed E-state index contributed by atoms with van der Waals surface area (Å²) in [6.07, 6.45) is 5.11. The first kappa shape index (κ1) is 13.0. The molecule has 1 unspecified atom stereocenters. The number of aliphatic hydroxyl groups excluding tert-OH is 1. The van der Waals surface area contributed by atoms with E-state index < -0.39 is 12.1 Å². The van der Waals surface area contributed by atoms with Crippen LogP contribution in [0.3, 0.4) is 0 Å². The molecule has 0 saturated heterocycles. The lowest BCUT2D eigenvalue weighted by Crippen LogP contribution is -1.99. The Hall–Kier alpha value is -2.46. The lowest BCUT2D eigenvalue weighted by atomic mass is 10.0. The summed E-state index contributed by atoms with van der Waals surface area (Å²) in [5, 5.41) is 18.7. The van der Waals surface area contributed by atoms with Gasteiger partial charge in [-0.25, -0.2) is 4.79 Å². The molecule has 1 heterocycles. The van der Waals surface area contributed by atoms with E-state index in [0.717, 1.165) is 22.8 Å². The van der Waals surface area contributed by atoms with Crippen LogP contribution in [0, 0.1) is 0 Å². The lowest BCUT2D eigenvalue weighted by molar-refractivity contribution is -0.131. The van der Waals surface area contributed by atoms with Crippen molar-refractivity contribution in [2.45, 2.75) is 6.10 Å². The molecule has 0 radical (unpaired) electrons. The molecule has 0 fully saturated rings. The average Bonchev–Trinajstić information content (AvgIpc) is 2.46. The molecule has 1 aromatic carbocycles. The van der Waals surface area contributed by atoms with Gasteiger partial charge in [0, 0.05) is 24.0 Å². The van der Waals surface area contributed by atoms with Crippen LogP contribution in [0.1, 0.15) is 22.8 Å². The minimum atomic E-state index is -0.987. The highest BCUT2D eigenvalue weighted by Crippen LogP contribution is 2.21. The highest BCUT2D eigenvalue weighted by atomic mass is 16.4. The third-order valence-corrected chi connectivity index (χ3v) is 2.67. The second-order valence-corrected chi connectivity index (χ2v) is 4.03. The Kier molecular flexibility index (Phi) is 4.05. The van der Waals surface area contributed by atoms with Crippen LogP contribution in [0.25, 0.3) is 6.08 Å². The van der Waals surface area contributed by atoms with Crippen LogP contribution < -0.4 is 0 Å². The van der Waals surface area contributed by atoms with E-state index in [1.54, 1.807) is 48.8 Å². The van der Waals surface area contributed by atoms with Gasteiger partial charge in [-0.3, -0.25) is 4.98 Å². The Morgan fingerprint density at radius 2 is 1.89 bits per heavy atom. The molecule has 2 rings (SSSR count). The summed E-state index contributed by atoms with van der Waals surface area (Å²) in [7, 11) is 0. The van der Waals surface area contributed by atoms with Gasteiger partial charge in [0.1, 0.15) is 6.10 Å². The lowest BCUT2D eigenvalue weighted by Gasteiger charge is -2.10. The molecule has 19 heavy (non-hydrogen) atoms. The summed E-state index contributed by atoms with van der Waals surface area (Å²) in [4.78, 5) is 14.4. The van der Waals surface area contributed by atoms with Gasteiger partial charge >= 0.3 is 5.97 Å². The number of carbonyl (C=O) groups is 1. The van der Waals surface area contributed by atoms with Crippen molar-refractivity contribution >= 4 is 12.0 Å². The van der Waals surface area contributed by atoms with E-state index in [2.05, 4.69) is 4.98 Å². The van der Waals surface area contributed by atoms with Gasteiger partial charge in [-0.1, -0.05) is 30.3 Å². The van der Waals surface area contributed by atoms with Gasteiger partial charge in [0.2, 0.25) is 0 Å². The number of nitrogens with zero attached hydrogens (tertiary/aromatic N) is 1. The smallest absolute Gasteiger partial charge is 0.328 e. The molecule has 2 N–H and O–H groups in total. The van der Waals surface area contributed by atoms with Crippen molar-refractivity contribution < 1.29 is 15.0 Å². The summed E-state index contributed by atoms with van der Waals surface area (Å²) in [6.45, 7) is 0. The monoisotopic (exact) mass is 255 g/mol. The molecule has 4 heteroatoms. The minimum absolute atomic E-state index is 0.719. The average molecular weight is 255 g/mol. The maximum atomic E-state index is 10.4. The van der Waals surface area contributed by atoms with Crippen molar-refractivity contribution in [2.75, 3.05) is 0 Å². The zero-order chi connectivity index (χ0) is 13.7. The van der Waals surface area contributed by atoms with Crippen LogP contribution in [-0.2, 0) is 4.79 Å². The normalized spacial score (nSPS) is 12.5. The SMILES string of the molecule is O=C(O)/C=C/c1ccc(C(O)c2cccnc2)cc1. The topological polar surface area (TPSA) is 70.4 Å². The molecule has 0 aliphatic heterocycles. The summed E-state index contributed by atoms with van der Waals surface area (Å²) >= 11 is 0. The fourth-order valence-corrected chi connectivity index (χ4v) is 1.69. The van der Waals surface area contributed by atoms with Crippen LogP contribution in [0.2, 0.25) is 0 Å². The molecular formula is C15H13NO3. The number of hydrogen-bond acceptors (Lipinski definition) is 3. The number of carboxylic acids is 1. The first-order valence-corrected chi connectivity index (χ1v) is 5.76. The first-order valence-electron chi connectivity index (χ1n) is 5.76. The van der Waals surface area contributed by atoms with Crippen molar-refractivity contribution in [2.24, 2.45) is 0 Å². The van der Waals surface area contributed by atoms with E-state index in [1.165, 1.54) is 6.08 Å². The zero-order valence-electron chi connectivity index (χ0n) is 10.1. The van der Waals surface area contributed by atoms with Gasteiger partial charge in [-0.05, 0) is 23.3 Å². The quantitative estimate of drug-likeness (QED) is 0.822. The molecule has 2 aromatic rings. The third-order valence-electron chi connectivity index (χ3n) is 2.67. The molecule has 4 nitrogen and oxygen atoms in total. The molecule has 1 atom stereocenters. The summed E-state index contributed by atoms with van der Waals surface area (Å²) in [6, 6.07) is 10.6. The van der Waals surface area contributed by atoms with Crippen LogP contribution in [0.5, 0.6) is 0 Å². The standard InChI is InChI=1S/C15H13NO3/c17-14(18)8-5-11-3-6-12(7-4-11)15(19)13-2-1-9-16-10-13/h1-10,15,19H,(H,17,18)/b8-5+. The van der Waals surface area contributed by atoms with Crippen molar-refractivity contribution in [1.82, 2.24) is 4.98 Å². The number of aromatic nitrogens is 1. The number of aliphatic hydroxyl groups is 1. The van der Waals surface area contributed by atoms with Gasteiger partial charge in [0.25, 0.3) is 0 Å². The molecule has 0 amide bonds. The van der Waals surface area contributed by atoms with Gasteiger partial charge in [0.05, 0.1) is 0 Å². The van der Waals surface area contributed by atoms with E-state index in [4.69, 9.17) is 5.11 Å². The van der Waals surface area contributed by atoms with Gasteiger partial charge < -0.3 is 10.2 Å². The second-order valence-electron chi connectivity index (χ2n) is 4.03. The van der Waals surface area contributed by atoms with E-state index in [0.29, 0.717) is 0 Å². The highest BCUT2D eigenvalue weighted by Gasteiger charge is 2.09. The first-order chi connectivity index (χ1) is 9.16. The maximum Gasteiger partial charge on any atom is 0.328 e. The Morgan fingerprint density at radius 3 is 2.47 bits per heavy atom. The number of hydrogen-bond donors (Lipinski definition) is 2. The Balaban J connectivity index is 2.16. The third kappa shape index (κ3) is 3.50. The van der Waals surface area contributed by atoms with Gasteiger partial charge in [-0.2, -0.15) is 0 Å². The molecule has 1 aromatic heterocycles. The van der Waals surface area contributed by atoms with E-state index in [9.17, 15) is 9.90 Å². The fourth-order valence-electron chi connectivity index (χ4n) is 1.69. The molecule has 0 aliphatic carbocycles. The predicted molar refractivity (Wildman–Crippen MR) is 71.4 cm³/mol. The van der Waals surface area contributed by atoms with Crippen molar-refractivity contribution in [3.05, 3.63) is 71.6 Å². The number of pyridine rings is 1. The summed E-state index contributed by atoms with van der Waals surface area (Å²) in [5.41, 5.74) is 2.22. The van der Waals surface area contributed by atoms with E-state index in [1.807, 2.05) is 0 Å². The number of benzene rings is 1. The molecule has 0 bridgehead atoms. The molecule has 0 saturated carbocycles. The van der Waals surface area contributed by atoms with E-state index in [-0.39, 0.29) is 0 Å². The van der Waals surface area contributed by atoms with Crippen molar-refractivity contribution in [3.8, 4) is 0 Å². The molecule has 0 aliphatic rings. The van der Waals surface area contributed by atoms with Crippen molar-refractivity contribution in [3.63, 3.8) is 0 Å². The van der Waals surface area contributed by atoms with E-state index >= 15 is 0 Å². The molecular weight excluding hydrogens is 242 g/mol. The summed E-state index contributed by atoms with van der Waals surface area (Å²) in [5.74, 6) is -0.987. The Bertz CT molecular complexity index is 576. The van der Waals surface area contributed by atoms with Crippen LogP contribution in [0.15, 0.2) is 54.9 Å².